The number of para-hydroxylation sites is 1. The van der Waals surface area contributed by atoms with E-state index in [1.807, 2.05) is 43.3 Å². The molecule has 27 heavy (non-hydrogen) atoms. The maximum Gasteiger partial charge on any atom is 0.236 e. The summed E-state index contributed by atoms with van der Waals surface area (Å²) in [6.45, 7) is 2.63. The first kappa shape index (κ1) is 18.0. The zero-order valence-electron chi connectivity index (χ0n) is 15.4. The van der Waals surface area contributed by atoms with Gasteiger partial charge in [0.25, 0.3) is 0 Å². The molecule has 142 valence electrons. The number of nitrogens with zero attached hydrogens (tertiary/aromatic N) is 1. The second kappa shape index (κ2) is 7.00. The molecule has 1 aliphatic carbocycles. The van der Waals surface area contributed by atoms with Crippen LogP contribution in [0.1, 0.15) is 36.0 Å². The number of carbonyl (C=O) groups is 1. The first-order valence-corrected chi connectivity index (χ1v) is 11.0. The lowest BCUT2D eigenvalue weighted by atomic mass is 9.99. The molecule has 1 heterocycles. The van der Waals surface area contributed by atoms with Crippen LogP contribution < -0.4 is 9.62 Å². The fourth-order valence-corrected chi connectivity index (χ4v) is 4.86. The molecule has 1 aliphatic heterocycles. The van der Waals surface area contributed by atoms with Crippen LogP contribution in [0.3, 0.4) is 0 Å². The minimum atomic E-state index is -3.58. The van der Waals surface area contributed by atoms with Crippen molar-refractivity contribution in [2.45, 2.75) is 38.4 Å². The molecule has 0 atom stereocenters. The molecule has 1 saturated carbocycles. The highest BCUT2D eigenvalue weighted by molar-refractivity contribution is 7.91. The maximum atomic E-state index is 12.8. The average molecular weight is 385 g/mol. The maximum absolute atomic E-state index is 12.8. The Labute approximate surface area is 160 Å². The van der Waals surface area contributed by atoms with Gasteiger partial charge in [0.2, 0.25) is 15.9 Å². The molecular weight excluding hydrogens is 360 g/mol. The molecule has 6 heteroatoms. The summed E-state index contributed by atoms with van der Waals surface area (Å²) in [5.74, 6) is 0.533. The molecule has 0 saturated heterocycles. The fraction of sp³-hybridized carbons (Fsp3) is 0.381. The van der Waals surface area contributed by atoms with Crippen LogP contribution in [-0.2, 0) is 27.0 Å². The largest absolute Gasteiger partial charge is 0.310 e. The van der Waals surface area contributed by atoms with Crippen molar-refractivity contribution in [1.29, 1.82) is 0 Å². The van der Waals surface area contributed by atoms with Crippen LogP contribution in [0, 0.1) is 12.8 Å². The first-order chi connectivity index (χ1) is 12.9. The second-order valence-electron chi connectivity index (χ2n) is 7.61. The molecule has 1 amide bonds. The molecule has 1 N–H and O–H groups in total. The molecule has 2 aliphatic rings. The number of aryl methyl sites for hydroxylation is 2. The Morgan fingerprint density at radius 1 is 1.11 bits per heavy atom. The predicted octanol–water partition coefficient (Wildman–Crippen LogP) is 3.63. The van der Waals surface area contributed by atoms with Gasteiger partial charge in [0.05, 0.1) is 17.1 Å². The van der Waals surface area contributed by atoms with Crippen molar-refractivity contribution in [3.05, 3.63) is 59.2 Å². The van der Waals surface area contributed by atoms with Crippen LogP contribution in [0.5, 0.6) is 0 Å². The van der Waals surface area contributed by atoms with Gasteiger partial charge in [-0.1, -0.05) is 42.0 Å². The third-order valence-electron chi connectivity index (χ3n) is 5.14. The zero-order chi connectivity index (χ0) is 19.0. The molecule has 0 aromatic heterocycles. The van der Waals surface area contributed by atoms with Gasteiger partial charge in [-0.2, -0.15) is 0 Å². The Kier molecular flexibility index (Phi) is 4.68. The highest BCUT2D eigenvalue weighted by atomic mass is 32.2. The minimum Gasteiger partial charge on any atom is -0.310 e. The minimum absolute atomic E-state index is 0.0831. The van der Waals surface area contributed by atoms with Crippen LogP contribution in [0.25, 0.3) is 0 Å². The van der Waals surface area contributed by atoms with E-state index in [9.17, 15) is 13.2 Å². The van der Waals surface area contributed by atoms with Crippen LogP contribution in [0.15, 0.2) is 42.5 Å². The van der Waals surface area contributed by atoms with Crippen molar-refractivity contribution in [3.63, 3.8) is 0 Å². The summed E-state index contributed by atoms with van der Waals surface area (Å²) in [4.78, 5) is 14.3. The molecule has 1 fully saturated rings. The van der Waals surface area contributed by atoms with Crippen LogP contribution >= 0.6 is 0 Å². The summed E-state index contributed by atoms with van der Waals surface area (Å²) in [6, 6.07) is 13.1. The van der Waals surface area contributed by atoms with E-state index in [4.69, 9.17) is 0 Å². The highest BCUT2D eigenvalue weighted by Gasteiger charge is 2.33. The molecule has 2 aromatic carbocycles. The number of carbonyl (C=O) groups excluding carboxylic acids is 1. The predicted molar refractivity (Wildman–Crippen MR) is 107 cm³/mol. The van der Waals surface area contributed by atoms with Crippen molar-refractivity contribution >= 4 is 27.3 Å². The summed E-state index contributed by atoms with van der Waals surface area (Å²) in [5.41, 5.74) is 4.06. The lowest BCUT2D eigenvalue weighted by molar-refractivity contribution is -0.118. The molecular formula is C21H24N2O3S. The van der Waals surface area contributed by atoms with Gasteiger partial charge in [-0.05, 0) is 49.3 Å². The van der Waals surface area contributed by atoms with E-state index in [0.717, 1.165) is 35.2 Å². The number of hydrogen-bond acceptors (Lipinski definition) is 3. The van der Waals surface area contributed by atoms with Gasteiger partial charge in [-0.3, -0.25) is 9.52 Å². The third kappa shape index (κ3) is 4.16. The van der Waals surface area contributed by atoms with Crippen LogP contribution in [0.4, 0.5) is 11.4 Å². The van der Waals surface area contributed by atoms with E-state index < -0.39 is 10.0 Å². The smallest absolute Gasteiger partial charge is 0.236 e. The molecule has 0 spiro atoms. The van der Waals surface area contributed by atoms with Gasteiger partial charge < -0.3 is 4.90 Å². The van der Waals surface area contributed by atoms with Crippen molar-refractivity contribution in [2.24, 2.45) is 5.92 Å². The molecule has 0 radical (unpaired) electrons. The number of anilines is 2. The number of sulfonamides is 1. The summed E-state index contributed by atoms with van der Waals surface area (Å²) < 4.78 is 28.3. The Morgan fingerprint density at radius 3 is 2.63 bits per heavy atom. The highest BCUT2D eigenvalue weighted by Crippen LogP contribution is 2.39. The topological polar surface area (TPSA) is 66.5 Å². The third-order valence-corrected chi connectivity index (χ3v) is 6.39. The summed E-state index contributed by atoms with van der Waals surface area (Å²) >= 11 is 0. The summed E-state index contributed by atoms with van der Waals surface area (Å²) in [5, 5.41) is 0. The fourth-order valence-electron chi connectivity index (χ4n) is 3.67. The summed E-state index contributed by atoms with van der Waals surface area (Å²) in [6.07, 6.45) is 3.42. The van der Waals surface area contributed by atoms with Gasteiger partial charge >= 0.3 is 0 Å². The molecule has 0 bridgehead atoms. The molecule has 4 rings (SSSR count). The number of amides is 1. The number of fused-ring (bicyclic) bond motifs is 1. The van der Waals surface area contributed by atoms with E-state index in [2.05, 4.69) is 4.72 Å². The Hall–Kier alpha value is -2.34. The van der Waals surface area contributed by atoms with Crippen molar-refractivity contribution in [3.8, 4) is 0 Å². The van der Waals surface area contributed by atoms with Gasteiger partial charge in [0.1, 0.15) is 0 Å². The standard InChI is InChI=1S/C21H24N2O3S/c1-15-4-2-5-17(12-15)14-27(25,26)22-19-7-3-6-18-10-11-20(24)23(21(18)19)13-16-8-9-16/h2-7,12,16,22H,8-11,13-14H2,1H3. The lowest BCUT2D eigenvalue weighted by Gasteiger charge is -2.31. The quantitative estimate of drug-likeness (QED) is 0.827. The van der Waals surface area contributed by atoms with Crippen LogP contribution in [-0.4, -0.2) is 20.9 Å². The van der Waals surface area contributed by atoms with Gasteiger partial charge in [0, 0.05) is 13.0 Å². The van der Waals surface area contributed by atoms with Gasteiger partial charge in [-0.15, -0.1) is 0 Å². The number of nitrogens with one attached hydrogen (secondary N) is 1. The number of benzene rings is 2. The SMILES string of the molecule is Cc1cccc(CS(=O)(=O)Nc2cccc3c2N(CC2CC2)C(=O)CC3)c1. The zero-order valence-corrected chi connectivity index (χ0v) is 16.3. The Balaban J connectivity index is 1.63. The van der Waals surface area contributed by atoms with Gasteiger partial charge in [-0.25, -0.2) is 8.42 Å². The summed E-state index contributed by atoms with van der Waals surface area (Å²) in [7, 11) is -3.58. The molecule has 0 unspecified atom stereocenters. The molecule has 2 aromatic rings. The van der Waals surface area contributed by atoms with Crippen molar-refractivity contribution < 1.29 is 13.2 Å². The Morgan fingerprint density at radius 2 is 1.89 bits per heavy atom. The first-order valence-electron chi connectivity index (χ1n) is 9.39. The van der Waals surface area contributed by atoms with E-state index in [1.165, 1.54) is 0 Å². The average Bonchev–Trinajstić information content (AvgIpc) is 3.41. The monoisotopic (exact) mass is 384 g/mol. The van der Waals surface area contributed by atoms with Gasteiger partial charge in [0.15, 0.2) is 0 Å². The van der Waals surface area contributed by atoms with E-state index in [1.54, 1.807) is 11.0 Å². The Bertz CT molecular complexity index is 981. The second-order valence-corrected chi connectivity index (χ2v) is 9.33. The van der Waals surface area contributed by atoms with E-state index in [0.29, 0.717) is 31.0 Å². The van der Waals surface area contributed by atoms with Crippen molar-refractivity contribution in [2.75, 3.05) is 16.2 Å². The normalized spacial score (nSPS) is 16.9. The van der Waals surface area contributed by atoms with Crippen molar-refractivity contribution in [1.82, 2.24) is 0 Å². The lowest BCUT2D eigenvalue weighted by Crippen LogP contribution is -2.37. The number of rotatable bonds is 6. The van der Waals surface area contributed by atoms with Crippen LogP contribution in [0.2, 0.25) is 0 Å². The number of hydrogen-bond donors (Lipinski definition) is 1. The molecule has 5 nitrogen and oxygen atoms in total. The van der Waals surface area contributed by atoms with E-state index >= 15 is 0 Å². The van der Waals surface area contributed by atoms with E-state index in [-0.39, 0.29) is 11.7 Å².